The van der Waals surface area contributed by atoms with Crippen molar-refractivity contribution < 1.29 is 0 Å². The van der Waals surface area contributed by atoms with Gasteiger partial charge in [0.2, 0.25) is 0 Å². The second-order valence-corrected chi connectivity index (χ2v) is 5.20. The van der Waals surface area contributed by atoms with E-state index in [2.05, 4.69) is 23.9 Å². The molecule has 0 aliphatic carbocycles. The minimum Gasteiger partial charge on any atom is -0.330 e. The van der Waals surface area contributed by atoms with Crippen molar-refractivity contribution in [2.75, 3.05) is 6.54 Å². The van der Waals surface area contributed by atoms with E-state index in [1.54, 1.807) is 0 Å². The number of aromatic nitrogens is 2. The van der Waals surface area contributed by atoms with E-state index < -0.39 is 0 Å². The first kappa shape index (κ1) is 11.1. The zero-order valence-corrected chi connectivity index (χ0v) is 10.9. The van der Waals surface area contributed by atoms with Gasteiger partial charge >= 0.3 is 0 Å². The number of hydrogen-bond acceptors (Lipinski definition) is 2. The number of nitrogens with zero attached hydrogens (tertiary/aromatic N) is 2. The van der Waals surface area contributed by atoms with Crippen LogP contribution in [0.5, 0.6) is 0 Å². The predicted molar refractivity (Wildman–Crippen MR) is 70.4 cm³/mol. The summed E-state index contributed by atoms with van der Waals surface area (Å²) in [7, 11) is 2.07. The fraction of sp³-hybridized carbons (Fsp3) is 0.462. The maximum atomic E-state index is 6.11. The molecule has 2 aromatic rings. The molecule has 17 heavy (non-hydrogen) atoms. The summed E-state index contributed by atoms with van der Waals surface area (Å²) in [5.74, 6) is 1.13. The number of rotatable bonds is 1. The zero-order valence-electron chi connectivity index (χ0n) is 10.1. The van der Waals surface area contributed by atoms with Gasteiger partial charge in [0.25, 0.3) is 0 Å². The first-order valence-electron chi connectivity index (χ1n) is 6.02. The maximum Gasteiger partial charge on any atom is 0.126 e. The van der Waals surface area contributed by atoms with E-state index in [-0.39, 0.29) is 0 Å². The molecule has 1 aliphatic rings. The largest absolute Gasteiger partial charge is 0.330 e. The van der Waals surface area contributed by atoms with Gasteiger partial charge in [-0.15, -0.1) is 0 Å². The Labute approximate surface area is 106 Å². The quantitative estimate of drug-likeness (QED) is 0.842. The summed E-state index contributed by atoms with van der Waals surface area (Å²) in [6, 6.07) is 4.36. The van der Waals surface area contributed by atoms with E-state index in [1.807, 2.05) is 12.1 Å². The van der Waals surface area contributed by atoms with E-state index in [0.29, 0.717) is 6.04 Å². The molecule has 90 valence electrons. The molecule has 4 heteroatoms. The Kier molecular flexibility index (Phi) is 2.60. The van der Waals surface area contributed by atoms with E-state index in [4.69, 9.17) is 16.6 Å². The molecule has 0 spiro atoms. The van der Waals surface area contributed by atoms with Crippen molar-refractivity contribution in [1.82, 2.24) is 14.9 Å². The van der Waals surface area contributed by atoms with Crippen LogP contribution in [-0.4, -0.2) is 16.1 Å². The molecule has 1 aromatic heterocycles. The fourth-order valence-corrected chi connectivity index (χ4v) is 2.92. The number of benzene rings is 1. The molecule has 1 aliphatic heterocycles. The van der Waals surface area contributed by atoms with E-state index in [0.717, 1.165) is 34.0 Å². The minimum absolute atomic E-state index is 0.394. The Hall–Kier alpha value is -1.06. The lowest BCUT2D eigenvalue weighted by Gasteiger charge is -2.09. The third-order valence-electron chi connectivity index (χ3n) is 3.55. The smallest absolute Gasteiger partial charge is 0.126 e. The van der Waals surface area contributed by atoms with Crippen LogP contribution in [-0.2, 0) is 7.05 Å². The molecule has 1 N–H and O–H groups in total. The van der Waals surface area contributed by atoms with Crippen LogP contribution >= 0.6 is 11.6 Å². The summed E-state index contributed by atoms with van der Waals surface area (Å²) in [5.41, 5.74) is 3.34. The average Bonchev–Trinajstić information content (AvgIpc) is 2.87. The Morgan fingerprint density at radius 1 is 1.47 bits per heavy atom. The number of imidazole rings is 1. The van der Waals surface area contributed by atoms with Gasteiger partial charge in [0.1, 0.15) is 5.82 Å². The van der Waals surface area contributed by atoms with Gasteiger partial charge in [-0.1, -0.05) is 11.6 Å². The molecule has 0 amide bonds. The Balaban J connectivity index is 2.20. The van der Waals surface area contributed by atoms with Crippen molar-refractivity contribution in [3.05, 3.63) is 28.5 Å². The molecule has 2 heterocycles. The lowest BCUT2D eigenvalue weighted by molar-refractivity contribution is 0.584. The third kappa shape index (κ3) is 1.74. The van der Waals surface area contributed by atoms with Gasteiger partial charge in [0.15, 0.2) is 0 Å². The van der Waals surface area contributed by atoms with Gasteiger partial charge in [-0.2, -0.15) is 0 Å². The van der Waals surface area contributed by atoms with Crippen molar-refractivity contribution >= 4 is 22.6 Å². The molecule has 0 saturated carbocycles. The topological polar surface area (TPSA) is 29.9 Å². The highest BCUT2D eigenvalue weighted by atomic mass is 35.5. The fourth-order valence-electron chi connectivity index (χ4n) is 2.65. The number of fused-ring (bicyclic) bond motifs is 1. The van der Waals surface area contributed by atoms with Gasteiger partial charge in [-0.3, -0.25) is 0 Å². The monoisotopic (exact) mass is 249 g/mol. The summed E-state index contributed by atoms with van der Waals surface area (Å²) in [4.78, 5) is 4.78. The summed E-state index contributed by atoms with van der Waals surface area (Å²) >= 11 is 6.11. The van der Waals surface area contributed by atoms with Crippen LogP contribution in [0, 0.1) is 6.92 Å². The van der Waals surface area contributed by atoms with Gasteiger partial charge in [-0.05, 0) is 44.0 Å². The summed E-state index contributed by atoms with van der Waals surface area (Å²) in [6.45, 7) is 3.15. The Bertz CT molecular complexity index is 568. The number of halogens is 1. The van der Waals surface area contributed by atoms with Crippen LogP contribution in [0.4, 0.5) is 0 Å². The number of hydrogen-bond donors (Lipinski definition) is 1. The van der Waals surface area contributed by atoms with Crippen LogP contribution < -0.4 is 5.32 Å². The predicted octanol–water partition coefficient (Wildman–Crippen LogP) is 2.96. The molecule has 3 rings (SSSR count). The summed E-state index contributed by atoms with van der Waals surface area (Å²) in [6.07, 6.45) is 2.40. The van der Waals surface area contributed by atoms with E-state index in [9.17, 15) is 0 Å². The van der Waals surface area contributed by atoms with Crippen LogP contribution in [0.3, 0.4) is 0 Å². The highest BCUT2D eigenvalue weighted by Gasteiger charge is 2.22. The standard InChI is InChI=1S/C13H16ClN3/c1-8-6-9(14)7-11-12(8)16-13(17(11)2)10-4-3-5-15-10/h6-7,10,15H,3-5H2,1-2H3. The van der Waals surface area contributed by atoms with Crippen LogP contribution in [0.2, 0.25) is 5.02 Å². The molecule has 1 saturated heterocycles. The molecule has 0 bridgehead atoms. The first-order valence-corrected chi connectivity index (χ1v) is 6.40. The highest BCUT2D eigenvalue weighted by molar-refractivity contribution is 6.31. The molecule has 0 radical (unpaired) electrons. The zero-order chi connectivity index (χ0) is 12.0. The van der Waals surface area contributed by atoms with Crippen molar-refractivity contribution in [3.8, 4) is 0 Å². The Morgan fingerprint density at radius 2 is 2.29 bits per heavy atom. The van der Waals surface area contributed by atoms with Crippen LogP contribution in [0.1, 0.15) is 30.3 Å². The molecular formula is C13H16ClN3. The van der Waals surface area contributed by atoms with Crippen molar-refractivity contribution in [3.63, 3.8) is 0 Å². The van der Waals surface area contributed by atoms with Crippen LogP contribution in [0.25, 0.3) is 11.0 Å². The SMILES string of the molecule is Cc1cc(Cl)cc2c1nc(C1CCCN1)n2C. The summed E-state index contributed by atoms with van der Waals surface area (Å²) in [5, 5.41) is 4.27. The minimum atomic E-state index is 0.394. The number of nitrogens with one attached hydrogen (secondary N) is 1. The molecular weight excluding hydrogens is 234 g/mol. The normalized spacial score (nSPS) is 20.3. The average molecular weight is 250 g/mol. The number of aryl methyl sites for hydroxylation is 2. The van der Waals surface area contributed by atoms with Crippen molar-refractivity contribution in [2.24, 2.45) is 7.05 Å². The Morgan fingerprint density at radius 3 is 3.00 bits per heavy atom. The molecule has 1 unspecified atom stereocenters. The lowest BCUT2D eigenvalue weighted by atomic mass is 10.2. The third-order valence-corrected chi connectivity index (χ3v) is 3.77. The second kappa shape index (κ2) is 4.00. The summed E-state index contributed by atoms with van der Waals surface area (Å²) < 4.78 is 2.16. The van der Waals surface area contributed by atoms with Gasteiger partial charge in [0.05, 0.1) is 17.1 Å². The highest BCUT2D eigenvalue weighted by Crippen LogP contribution is 2.28. The van der Waals surface area contributed by atoms with E-state index >= 15 is 0 Å². The second-order valence-electron chi connectivity index (χ2n) is 4.77. The molecule has 3 nitrogen and oxygen atoms in total. The van der Waals surface area contributed by atoms with Gasteiger partial charge in [-0.25, -0.2) is 4.98 Å². The first-order chi connectivity index (χ1) is 8.16. The van der Waals surface area contributed by atoms with Gasteiger partial charge < -0.3 is 9.88 Å². The maximum absolute atomic E-state index is 6.11. The lowest BCUT2D eigenvalue weighted by Crippen LogP contribution is -2.16. The molecule has 1 atom stereocenters. The van der Waals surface area contributed by atoms with E-state index in [1.165, 1.54) is 12.8 Å². The van der Waals surface area contributed by atoms with Crippen molar-refractivity contribution in [2.45, 2.75) is 25.8 Å². The van der Waals surface area contributed by atoms with Gasteiger partial charge in [0, 0.05) is 12.1 Å². The molecule has 1 aromatic carbocycles. The van der Waals surface area contributed by atoms with Crippen molar-refractivity contribution in [1.29, 1.82) is 0 Å². The van der Waals surface area contributed by atoms with Crippen LogP contribution in [0.15, 0.2) is 12.1 Å². The molecule has 1 fully saturated rings.